The fourth-order valence-corrected chi connectivity index (χ4v) is 2.29. The van der Waals surface area contributed by atoms with E-state index in [1.54, 1.807) is 35.2 Å². The number of amides is 1. The van der Waals surface area contributed by atoms with E-state index < -0.39 is 0 Å². The highest BCUT2D eigenvalue weighted by Gasteiger charge is 2.14. The van der Waals surface area contributed by atoms with Crippen molar-refractivity contribution < 1.29 is 4.79 Å². The molecule has 0 spiro atoms. The smallest absolute Gasteiger partial charge is 0.255 e. The molecule has 0 fully saturated rings. The number of pyridine rings is 2. The van der Waals surface area contributed by atoms with Gasteiger partial charge in [-0.25, -0.2) is 0 Å². The van der Waals surface area contributed by atoms with Crippen LogP contribution in [0, 0.1) is 0 Å². The Morgan fingerprint density at radius 1 is 1.27 bits per heavy atom. The fourth-order valence-electron chi connectivity index (χ4n) is 2.29. The quantitative estimate of drug-likeness (QED) is 0.734. The first-order chi connectivity index (χ1) is 10.6. The number of aromatic nitrogens is 4. The summed E-state index contributed by atoms with van der Waals surface area (Å²) in [5.74, 6) is -0.0495. The van der Waals surface area contributed by atoms with Crippen LogP contribution >= 0.6 is 0 Å². The van der Waals surface area contributed by atoms with Crippen LogP contribution in [0.4, 0.5) is 0 Å². The van der Waals surface area contributed by atoms with Crippen LogP contribution in [0.25, 0.3) is 11.0 Å². The van der Waals surface area contributed by atoms with Crippen molar-refractivity contribution >= 4 is 16.9 Å². The van der Waals surface area contributed by atoms with Crippen LogP contribution in [0.15, 0.2) is 42.9 Å². The predicted octanol–water partition coefficient (Wildman–Crippen LogP) is 1.68. The maximum atomic E-state index is 12.5. The van der Waals surface area contributed by atoms with E-state index in [1.807, 2.05) is 31.3 Å². The molecule has 0 bridgehead atoms. The first kappa shape index (κ1) is 14.2. The van der Waals surface area contributed by atoms with Crippen LogP contribution in [-0.4, -0.2) is 44.1 Å². The number of hydrogen-bond donors (Lipinski definition) is 0. The summed E-state index contributed by atoms with van der Waals surface area (Å²) >= 11 is 0. The van der Waals surface area contributed by atoms with Gasteiger partial charge in [-0.1, -0.05) is 6.07 Å². The molecule has 0 saturated heterocycles. The SMILES string of the molecule is CN(CCc1ccccn1)C(=O)c1cnc2cnn(C)c2c1. The molecule has 1 amide bonds. The summed E-state index contributed by atoms with van der Waals surface area (Å²) in [5, 5.41) is 4.14. The molecule has 3 aromatic heterocycles. The highest BCUT2D eigenvalue weighted by molar-refractivity contribution is 5.96. The average Bonchev–Trinajstić information content (AvgIpc) is 2.93. The molecule has 0 unspecified atom stereocenters. The van der Waals surface area contributed by atoms with Gasteiger partial charge in [-0.15, -0.1) is 0 Å². The number of likely N-dealkylation sites (N-methyl/N-ethyl adjacent to an activating group) is 1. The van der Waals surface area contributed by atoms with Gasteiger partial charge in [0.25, 0.3) is 5.91 Å². The minimum absolute atomic E-state index is 0.0495. The Morgan fingerprint density at radius 3 is 2.91 bits per heavy atom. The second-order valence-corrected chi connectivity index (χ2v) is 5.19. The zero-order chi connectivity index (χ0) is 15.5. The van der Waals surface area contributed by atoms with Crippen molar-refractivity contribution in [1.82, 2.24) is 24.6 Å². The van der Waals surface area contributed by atoms with Crippen molar-refractivity contribution in [3.63, 3.8) is 0 Å². The van der Waals surface area contributed by atoms with Gasteiger partial charge < -0.3 is 4.90 Å². The number of carbonyl (C=O) groups is 1. The summed E-state index contributed by atoms with van der Waals surface area (Å²) in [7, 11) is 3.63. The molecule has 22 heavy (non-hydrogen) atoms. The van der Waals surface area contributed by atoms with E-state index >= 15 is 0 Å². The number of aryl methyl sites for hydroxylation is 1. The van der Waals surface area contributed by atoms with Gasteiger partial charge in [0.1, 0.15) is 5.52 Å². The van der Waals surface area contributed by atoms with Gasteiger partial charge in [-0.3, -0.25) is 19.4 Å². The van der Waals surface area contributed by atoms with Gasteiger partial charge in [-0.2, -0.15) is 5.10 Å². The Labute approximate surface area is 128 Å². The zero-order valence-corrected chi connectivity index (χ0v) is 12.6. The lowest BCUT2D eigenvalue weighted by Gasteiger charge is -2.16. The van der Waals surface area contributed by atoms with E-state index in [0.29, 0.717) is 12.1 Å². The van der Waals surface area contributed by atoms with Crippen molar-refractivity contribution in [2.45, 2.75) is 6.42 Å². The second kappa shape index (κ2) is 5.93. The van der Waals surface area contributed by atoms with Crippen molar-refractivity contribution in [1.29, 1.82) is 0 Å². The van der Waals surface area contributed by atoms with Crippen molar-refractivity contribution in [3.8, 4) is 0 Å². The standard InChI is InChI=1S/C16H17N5O/c1-20(8-6-13-5-3-4-7-17-13)16(22)12-9-15-14(18-10-12)11-19-21(15)2/h3-5,7,9-11H,6,8H2,1-2H3. The summed E-state index contributed by atoms with van der Waals surface area (Å²) in [5.41, 5.74) is 3.18. The largest absolute Gasteiger partial charge is 0.341 e. The van der Waals surface area contributed by atoms with Crippen LogP contribution in [-0.2, 0) is 13.5 Å². The summed E-state index contributed by atoms with van der Waals surface area (Å²) in [6, 6.07) is 7.62. The predicted molar refractivity (Wildman–Crippen MR) is 83.4 cm³/mol. The number of fused-ring (bicyclic) bond motifs is 1. The van der Waals surface area contributed by atoms with Gasteiger partial charge in [-0.05, 0) is 18.2 Å². The first-order valence-corrected chi connectivity index (χ1v) is 7.08. The highest BCUT2D eigenvalue weighted by atomic mass is 16.2. The van der Waals surface area contributed by atoms with Gasteiger partial charge in [0, 0.05) is 45.1 Å². The molecule has 0 atom stereocenters. The van der Waals surface area contributed by atoms with E-state index in [1.165, 1.54) is 0 Å². The Morgan fingerprint density at radius 2 is 2.14 bits per heavy atom. The zero-order valence-electron chi connectivity index (χ0n) is 12.6. The summed E-state index contributed by atoms with van der Waals surface area (Å²) in [6.45, 7) is 0.610. The Hall–Kier alpha value is -2.76. The number of rotatable bonds is 4. The minimum Gasteiger partial charge on any atom is -0.341 e. The third-order valence-electron chi connectivity index (χ3n) is 3.62. The van der Waals surface area contributed by atoms with Crippen molar-refractivity contribution in [3.05, 3.63) is 54.1 Å². The highest BCUT2D eigenvalue weighted by Crippen LogP contribution is 2.13. The molecule has 0 aromatic carbocycles. The molecule has 0 N–H and O–H groups in total. The summed E-state index contributed by atoms with van der Waals surface area (Å²) in [6.07, 6.45) is 5.78. The molecule has 0 aliphatic heterocycles. The first-order valence-electron chi connectivity index (χ1n) is 7.08. The number of hydrogen-bond acceptors (Lipinski definition) is 4. The molecular weight excluding hydrogens is 278 g/mol. The maximum absolute atomic E-state index is 12.5. The Kier molecular flexibility index (Phi) is 3.82. The molecular formula is C16H17N5O. The van der Waals surface area contributed by atoms with Crippen molar-refractivity contribution in [2.75, 3.05) is 13.6 Å². The van der Waals surface area contributed by atoms with Crippen LogP contribution in [0.5, 0.6) is 0 Å². The van der Waals surface area contributed by atoms with E-state index in [2.05, 4.69) is 15.1 Å². The average molecular weight is 295 g/mol. The molecule has 112 valence electrons. The van der Waals surface area contributed by atoms with E-state index in [-0.39, 0.29) is 5.91 Å². The second-order valence-electron chi connectivity index (χ2n) is 5.19. The summed E-state index contributed by atoms with van der Waals surface area (Å²) < 4.78 is 1.72. The molecule has 3 aromatic rings. The topological polar surface area (TPSA) is 63.9 Å². The van der Waals surface area contributed by atoms with Crippen molar-refractivity contribution in [2.24, 2.45) is 7.05 Å². The van der Waals surface area contributed by atoms with Gasteiger partial charge in [0.2, 0.25) is 0 Å². The van der Waals surface area contributed by atoms with Crippen LogP contribution in [0.2, 0.25) is 0 Å². The monoisotopic (exact) mass is 295 g/mol. The molecule has 0 aliphatic rings. The van der Waals surface area contributed by atoms with Crippen LogP contribution in [0.1, 0.15) is 16.1 Å². The lowest BCUT2D eigenvalue weighted by molar-refractivity contribution is 0.0796. The molecule has 6 heteroatoms. The Balaban J connectivity index is 1.72. The third-order valence-corrected chi connectivity index (χ3v) is 3.62. The number of carbonyl (C=O) groups excluding carboxylic acids is 1. The molecule has 3 rings (SSSR count). The molecule has 0 saturated carbocycles. The number of nitrogens with zero attached hydrogens (tertiary/aromatic N) is 5. The fraction of sp³-hybridized carbons (Fsp3) is 0.250. The molecule has 0 radical (unpaired) electrons. The van der Waals surface area contributed by atoms with Gasteiger partial charge in [0.15, 0.2) is 0 Å². The molecule has 6 nitrogen and oxygen atoms in total. The van der Waals surface area contributed by atoms with Gasteiger partial charge >= 0.3 is 0 Å². The third kappa shape index (κ3) is 2.81. The Bertz CT molecular complexity index is 797. The van der Waals surface area contributed by atoms with Crippen LogP contribution in [0.3, 0.4) is 0 Å². The lowest BCUT2D eigenvalue weighted by Crippen LogP contribution is -2.29. The van der Waals surface area contributed by atoms with Gasteiger partial charge in [0.05, 0.1) is 17.3 Å². The lowest BCUT2D eigenvalue weighted by atomic mass is 10.2. The van der Waals surface area contributed by atoms with E-state index in [9.17, 15) is 4.79 Å². The van der Waals surface area contributed by atoms with Crippen LogP contribution < -0.4 is 0 Å². The van der Waals surface area contributed by atoms with E-state index in [4.69, 9.17) is 0 Å². The molecule has 0 aliphatic carbocycles. The maximum Gasteiger partial charge on any atom is 0.255 e. The normalized spacial score (nSPS) is 10.8. The summed E-state index contributed by atoms with van der Waals surface area (Å²) in [4.78, 5) is 22.7. The molecule has 3 heterocycles. The minimum atomic E-state index is -0.0495. The van der Waals surface area contributed by atoms with E-state index in [0.717, 1.165) is 23.1 Å².